The molecule has 0 aliphatic rings. The molecule has 90 valence electrons. The summed E-state index contributed by atoms with van der Waals surface area (Å²) in [6.07, 6.45) is 0. The fraction of sp³-hybridized carbons (Fsp3) is 0.250. The molecular weight excluding hydrogens is 287 g/mol. The maximum atomic E-state index is 13.0. The minimum atomic E-state index is -0.297. The Hall–Kier alpha value is -1.36. The maximum Gasteiger partial charge on any atom is 0.137 e. The van der Waals surface area contributed by atoms with Crippen LogP contribution in [0.3, 0.4) is 0 Å². The number of hydrogen-bond acceptors (Lipinski definition) is 2. The first kappa shape index (κ1) is 12.1. The van der Waals surface area contributed by atoms with Gasteiger partial charge in [0.25, 0.3) is 0 Å². The Balaban J connectivity index is 2.07. The fourth-order valence-electron chi connectivity index (χ4n) is 1.52. The van der Waals surface area contributed by atoms with E-state index in [1.165, 1.54) is 6.07 Å². The summed E-state index contributed by atoms with van der Waals surface area (Å²) in [6, 6.07) is 6.54. The molecule has 1 aromatic carbocycles. The van der Waals surface area contributed by atoms with Gasteiger partial charge in [0, 0.05) is 7.05 Å². The van der Waals surface area contributed by atoms with Gasteiger partial charge in [0.15, 0.2) is 0 Å². The Morgan fingerprint density at radius 1 is 1.41 bits per heavy atom. The van der Waals surface area contributed by atoms with Crippen LogP contribution >= 0.6 is 15.9 Å². The highest BCUT2D eigenvalue weighted by molar-refractivity contribution is 9.10. The van der Waals surface area contributed by atoms with Crippen molar-refractivity contribution in [1.29, 1.82) is 0 Å². The molecule has 0 aliphatic heterocycles. The van der Waals surface area contributed by atoms with Crippen molar-refractivity contribution in [3.63, 3.8) is 0 Å². The molecule has 1 heterocycles. The quantitative estimate of drug-likeness (QED) is 0.870. The summed E-state index contributed by atoms with van der Waals surface area (Å²) in [7, 11) is 1.87. The number of benzene rings is 1. The van der Waals surface area contributed by atoms with E-state index in [9.17, 15) is 4.39 Å². The molecule has 0 fully saturated rings. The highest BCUT2D eigenvalue weighted by Crippen LogP contribution is 2.22. The van der Waals surface area contributed by atoms with Gasteiger partial charge in [-0.05, 0) is 47.1 Å². The minimum Gasteiger partial charge on any atom is -0.487 e. The SMILES string of the molecule is Cc1cc(COc2ccc(F)c(Br)c2)n(C)n1. The molecule has 0 bridgehead atoms. The van der Waals surface area contributed by atoms with Crippen molar-refractivity contribution in [3.8, 4) is 5.75 Å². The topological polar surface area (TPSA) is 27.1 Å². The molecule has 0 atom stereocenters. The van der Waals surface area contributed by atoms with E-state index >= 15 is 0 Å². The first-order valence-electron chi connectivity index (χ1n) is 5.13. The zero-order chi connectivity index (χ0) is 12.4. The molecule has 0 spiro atoms. The zero-order valence-electron chi connectivity index (χ0n) is 9.58. The lowest BCUT2D eigenvalue weighted by Gasteiger charge is -2.06. The predicted molar refractivity (Wildman–Crippen MR) is 66.4 cm³/mol. The number of rotatable bonds is 3. The number of ether oxygens (including phenoxy) is 1. The average Bonchev–Trinajstić information content (AvgIpc) is 2.59. The highest BCUT2D eigenvalue weighted by Gasteiger charge is 2.05. The third-order valence-electron chi connectivity index (χ3n) is 2.38. The largest absolute Gasteiger partial charge is 0.487 e. The van der Waals surface area contributed by atoms with Gasteiger partial charge in [-0.15, -0.1) is 0 Å². The summed E-state index contributed by atoms with van der Waals surface area (Å²) in [5, 5.41) is 4.22. The summed E-state index contributed by atoms with van der Waals surface area (Å²) >= 11 is 3.12. The normalized spacial score (nSPS) is 10.6. The van der Waals surface area contributed by atoms with Crippen molar-refractivity contribution in [2.75, 3.05) is 0 Å². The van der Waals surface area contributed by atoms with E-state index in [1.807, 2.05) is 20.0 Å². The maximum absolute atomic E-state index is 13.0. The smallest absolute Gasteiger partial charge is 0.137 e. The number of nitrogens with zero attached hydrogens (tertiary/aromatic N) is 2. The first-order chi connectivity index (χ1) is 8.06. The van der Waals surface area contributed by atoms with Crippen LogP contribution in [0.25, 0.3) is 0 Å². The van der Waals surface area contributed by atoms with Crippen molar-refractivity contribution in [3.05, 3.63) is 45.9 Å². The average molecular weight is 299 g/mol. The molecule has 2 aromatic rings. The number of aryl methyl sites for hydroxylation is 2. The molecule has 0 unspecified atom stereocenters. The molecule has 0 N–H and O–H groups in total. The van der Waals surface area contributed by atoms with Crippen LogP contribution < -0.4 is 4.74 Å². The second kappa shape index (κ2) is 4.87. The van der Waals surface area contributed by atoms with E-state index in [4.69, 9.17) is 4.74 Å². The molecule has 1 aromatic heterocycles. The molecule has 5 heteroatoms. The summed E-state index contributed by atoms with van der Waals surface area (Å²) in [5.74, 6) is 0.325. The second-order valence-corrected chi connectivity index (χ2v) is 4.62. The van der Waals surface area contributed by atoms with E-state index < -0.39 is 0 Å². The molecule has 0 amide bonds. The van der Waals surface area contributed by atoms with Crippen molar-refractivity contribution in [2.45, 2.75) is 13.5 Å². The van der Waals surface area contributed by atoms with Gasteiger partial charge >= 0.3 is 0 Å². The lowest BCUT2D eigenvalue weighted by Crippen LogP contribution is -2.03. The molecule has 0 aliphatic carbocycles. The molecule has 3 nitrogen and oxygen atoms in total. The predicted octanol–water partition coefficient (Wildman–Crippen LogP) is 3.21. The van der Waals surface area contributed by atoms with Crippen molar-refractivity contribution >= 4 is 15.9 Å². The van der Waals surface area contributed by atoms with Gasteiger partial charge in [-0.2, -0.15) is 5.10 Å². The number of aromatic nitrogens is 2. The summed E-state index contributed by atoms with van der Waals surface area (Å²) in [4.78, 5) is 0. The van der Waals surface area contributed by atoms with Crippen LogP contribution in [0, 0.1) is 12.7 Å². The lowest BCUT2D eigenvalue weighted by molar-refractivity contribution is 0.294. The van der Waals surface area contributed by atoms with E-state index in [2.05, 4.69) is 21.0 Å². The van der Waals surface area contributed by atoms with Gasteiger partial charge in [-0.1, -0.05) is 0 Å². The Labute approximate surface area is 107 Å². The minimum absolute atomic E-state index is 0.297. The van der Waals surface area contributed by atoms with Crippen LogP contribution in [0.4, 0.5) is 4.39 Å². The van der Waals surface area contributed by atoms with Gasteiger partial charge in [0.05, 0.1) is 15.9 Å². The molecule has 17 heavy (non-hydrogen) atoms. The second-order valence-electron chi connectivity index (χ2n) is 3.77. The Morgan fingerprint density at radius 2 is 2.18 bits per heavy atom. The third-order valence-corrected chi connectivity index (χ3v) is 2.98. The molecule has 2 rings (SSSR count). The summed E-state index contributed by atoms with van der Waals surface area (Å²) in [6.45, 7) is 2.34. The highest BCUT2D eigenvalue weighted by atomic mass is 79.9. The van der Waals surface area contributed by atoms with E-state index in [-0.39, 0.29) is 5.82 Å². The fourth-order valence-corrected chi connectivity index (χ4v) is 1.88. The van der Waals surface area contributed by atoms with Gasteiger partial charge in [-0.25, -0.2) is 4.39 Å². The molecule has 0 radical (unpaired) electrons. The standard InChI is InChI=1S/C12H12BrFN2O/c1-8-5-9(16(2)15-8)7-17-10-3-4-12(14)11(13)6-10/h3-6H,7H2,1-2H3. The van der Waals surface area contributed by atoms with Crippen molar-refractivity contribution in [1.82, 2.24) is 9.78 Å². The lowest BCUT2D eigenvalue weighted by atomic mass is 10.3. The van der Waals surface area contributed by atoms with Crippen LogP contribution in [-0.2, 0) is 13.7 Å². The number of halogens is 2. The molecule has 0 saturated carbocycles. The first-order valence-corrected chi connectivity index (χ1v) is 5.93. The third kappa shape index (κ3) is 2.85. The molecule has 0 saturated heterocycles. The summed E-state index contributed by atoms with van der Waals surface area (Å²) in [5.41, 5.74) is 1.93. The van der Waals surface area contributed by atoms with Gasteiger partial charge < -0.3 is 4.74 Å². The van der Waals surface area contributed by atoms with Crippen LogP contribution in [0.15, 0.2) is 28.7 Å². The van der Waals surface area contributed by atoms with Gasteiger partial charge in [-0.3, -0.25) is 4.68 Å². The Morgan fingerprint density at radius 3 is 2.76 bits per heavy atom. The monoisotopic (exact) mass is 298 g/mol. The van der Waals surface area contributed by atoms with E-state index in [0.717, 1.165) is 11.4 Å². The van der Waals surface area contributed by atoms with E-state index in [1.54, 1.807) is 16.8 Å². The van der Waals surface area contributed by atoms with Crippen LogP contribution in [0.1, 0.15) is 11.4 Å². The Kier molecular flexibility index (Phi) is 3.47. The van der Waals surface area contributed by atoms with Crippen LogP contribution in [0.2, 0.25) is 0 Å². The molecular formula is C12H12BrFN2O. The van der Waals surface area contributed by atoms with E-state index in [0.29, 0.717) is 16.8 Å². The van der Waals surface area contributed by atoms with Crippen molar-refractivity contribution in [2.24, 2.45) is 7.05 Å². The Bertz CT molecular complexity index is 539. The van der Waals surface area contributed by atoms with Gasteiger partial charge in [0.1, 0.15) is 18.2 Å². The van der Waals surface area contributed by atoms with Crippen molar-refractivity contribution < 1.29 is 9.13 Å². The van der Waals surface area contributed by atoms with Crippen LogP contribution in [0.5, 0.6) is 5.75 Å². The van der Waals surface area contributed by atoms with Crippen LogP contribution in [-0.4, -0.2) is 9.78 Å². The summed E-state index contributed by atoms with van der Waals surface area (Å²) < 4.78 is 20.7. The number of hydrogen-bond donors (Lipinski definition) is 0. The zero-order valence-corrected chi connectivity index (χ0v) is 11.2. The van der Waals surface area contributed by atoms with Gasteiger partial charge in [0.2, 0.25) is 0 Å².